The average molecular weight is 491 g/mol. The van der Waals surface area contributed by atoms with Gasteiger partial charge in [0, 0.05) is 17.5 Å². The zero-order valence-electron chi connectivity index (χ0n) is 20.8. The maximum Gasteiger partial charge on any atom is 0.242 e. The highest BCUT2D eigenvalue weighted by atomic mass is 32.1. The standard InChI is InChI=1S/C29H34N2O3S/c1-4-22(3)31(28(32)18-23-8-6-5-7-9-23)19-29(33)30-16-14-27-25(15-17-35-27)26(30)20-34-24-12-10-21(2)11-13-24/h5-13,15,17,22,26H,4,14,16,18-20H2,1-3H3/t22-,26+/m1/s1. The smallest absolute Gasteiger partial charge is 0.242 e. The molecule has 0 spiro atoms. The summed E-state index contributed by atoms with van der Waals surface area (Å²) in [6.07, 6.45) is 1.93. The number of hydrogen-bond acceptors (Lipinski definition) is 4. The molecule has 2 heterocycles. The van der Waals surface area contributed by atoms with Crippen LogP contribution in [0.25, 0.3) is 0 Å². The van der Waals surface area contributed by atoms with E-state index in [0.717, 1.165) is 29.7 Å². The summed E-state index contributed by atoms with van der Waals surface area (Å²) < 4.78 is 6.14. The number of hydrogen-bond donors (Lipinski definition) is 0. The largest absolute Gasteiger partial charge is 0.491 e. The molecule has 0 N–H and O–H groups in total. The van der Waals surface area contributed by atoms with Crippen molar-refractivity contribution in [3.05, 3.63) is 87.6 Å². The normalized spacial score (nSPS) is 15.9. The van der Waals surface area contributed by atoms with E-state index in [9.17, 15) is 9.59 Å². The van der Waals surface area contributed by atoms with Gasteiger partial charge in [0.1, 0.15) is 18.9 Å². The maximum atomic E-state index is 13.7. The Labute approximate surface area is 212 Å². The van der Waals surface area contributed by atoms with E-state index in [1.54, 1.807) is 16.2 Å². The van der Waals surface area contributed by atoms with Gasteiger partial charge in [-0.05, 0) is 61.4 Å². The summed E-state index contributed by atoms with van der Waals surface area (Å²) in [7, 11) is 0. The van der Waals surface area contributed by atoms with E-state index < -0.39 is 0 Å². The molecule has 1 aromatic heterocycles. The molecule has 6 heteroatoms. The Morgan fingerprint density at radius 2 is 1.86 bits per heavy atom. The molecule has 0 radical (unpaired) electrons. The molecule has 0 fully saturated rings. The Balaban J connectivity index is 1.50. The van der Waals surface area contributed by atoms with Gasteiger partial charge in [-0.3, -0.25) is 9.59 Å². The molecule has 0 aliphatic carbocycles. The molecule has 2 aromatic carbocycles. The first-order valence-corrected chi connectivity index (χ1v) is 13.2. The third-order valence-electron chi connectivity index (χ3n) is 6.79. The van der Waals surface area contributed by atoms with Crippen LogP contribution in [0.1, 0.15) is 47.9 Å². The Hall–Kier alpha value is -3.12. The number of ether oxygens (including phenoxy) is 1. The molecule has 2 atom stereocenters. The Kier molecular flexibility index (Phi) is 8.24. The van der Waals surface area contributed by atoms with Crippen LogP contribution < -0.4 is 4.74 Å². The number of fused-ring (bicyclic) bond motifs is 1. The maximum absolute atomic E-state index is 13.7. The molecule has 35 heavy (non-hydrogen) atoms. The summed E-state index contributed by atoms with van der Waals surface area (Å²) in [5.41, 5.74) is 3.30. The lowest BCUT2D eigenvalue weighted by atomic mass is 10.00. The first kappa shape index (κ1) is 25.0. The summed E-state index contributed by atoms with van der Waals surface area (Å²) in [5.74, 6) is 0.755. The first-order chi connectivity index (χ1) is 17.0. The van der Waals surface area contributed by atoms with Crippen LogP contribution >= 0.6 is 11.3 Å². The average Bonchev–Trinajstić information content (AvgIpc) is 3.36. The molecule has 2 amide bonds. The van der Waals surface area contributed by atoms with Crippen molar-refractivity contribution in [3.63, 3.8) is 0 Å². The predicted octanol–water partition coefficient (Wildman–Crippen LogP) is 5.43. The lowest BCUT2D eigenvalue weighted by Crippen LogP contribution is -2.50. The van der Waals surface area contributed by atoms with Gasteiger partial charge < -0.3 is 14.5 Å². The quantitative estimate of drug-likeness (QED) is 0.402. The van der Waals surface area contributed by atoms with E-state index in [2.05, 4.69) is 18.4 Å². The second kappa shape index (κ2) is 11.5. The van der Waals surface area contributed by atoms with E-state index in [1.165, 1.54) is 10.4 Å². The van der Waals surface area contributed by atoms with E-state index in [4.69, 9.17) is 4.74 Å². The molecule has 184 valence electrons. The zero-order chi connectivity index (χ0) is 24.8. The van der Waals surface area contributed by atoms with Gasteiger partial charge in [0.05, 0.1) is 12.5 Å². The van der Waals surface area contributed by atoms with Gasteiger partial charge in [0.2, 0.25) is 11.8 Å². The lowest BCUT2D eigenvalue weighted by Gasteiger charge is -2.38. The molecule has 0 bridgehead atoms. The molecule has 0 saturated heterocycles. The summed E-state index contributed by atoms with van der Waals surface area (Å²) in [4.78, 5) is 31.9. The number of thiophene rings is 1. The molecule has 0 unspecified atom stereocenters. The number of aryl methyl sites for hydroxylation is 1. The van der Waals surface area contributed by atoms with Crippen LogP contribution in [0.3, 0.4) is 0 Å². The monoisotopic (exact) mass is 490 g/mol. The van der Waals surface area contributed by atoms with Gasteiger partial charge in [0.25, 0.3) is 0 Å². The molecule has 4 rings (SSSR count). The van der Waals surface area contributed by atoms with Crippen LogP contribution in [0.15, 0.2) is 66.0 Å². The zero-order valence-corrected chi connectivity index (χ0v) is 21.6. The molecular weight excluding hydrogens is 456 g/mol. The van der Waals surface area contributed by atoms with Crippen LogP contribution in [-0.2, 0) is 22.4 Å². The van der Waals surface area contributed by atoms with Gasteiger partial charge in [0.15, 0.2) is 0 Å². The minimum atomic E-state index is -0.165. The number of amides is 2. The van der Waals surface area contributed by atoms with Crippen molar-refractivity contribution in [2.45, 2.75) is 52.1 Å². The van der Waals surface area contributed by atoms with E-state index in [1.807, 2.05) is 73.3 Å². The highest BCUT2D eigenvalue weighted by Crippen LogP contribution is 2.34. The van der Waals surface area contributed by atoms with Crippen LogP contribution in [-0.4, -0.2) is 47.4 Å². The van der Waals surface area contributed by atoms with Crippen LogP contribution in [0, 0.1) is 6.92 Å². The highest BCUT2D eigenvalue weighted by molar-refractivity contribution is 7.10. The fraction of sp³-hybridized carbons (Fsp3) is 0.379. The molecule has 1 aliphatic rings. The number of nitrogens with zero attached hydrogens (tertiary/aromatic N) is 2. The highest BCUT2D eigenvalue weighted by Gasteiger charge is 2.34. The third kappa shape index (κ3) is 6.12. The second-order valence-electron chi connectivity index (χ2n) is 9.22. The van der Waals surface area contributed by atoms with Crippen LogP contribution in [0.4, 0.5) is 0 Å². The third-order valence-corrected chi connectivity index (χ3v) is 7.79. The van der Waals surface area contributed by atoms with Crippen molar-refractivity contribution >= 4 is 23.2 Å². The van der Waals surface area contributed by atoms with Crippen molar-refractivity contribution in [2.75, 3.05) is 19.7 Å². The summed E-state index contributed by atoms with van der Waals surface area (Å²) in [5, 5.41) is 2.09. The van der Waals surface area contributed by atoms with Gasteiger partial charge in [-0.1, -0.05) is 55.0 Å². The van der Waals surface area contributed by atoms with Crippen molar-refractivity contribution in [1.29, 1.82) is 0 Å². The Morgan fingerprint density at radius 3 is 2.57 bits per heavy atom. The number of benzene rings is 2. The Bertz CT molecular complexity index is 1130. The van der Waals surface area contributed by atoms with Crippen LogP contribution in [0.2, 0.25) is 0 Å². The molecule has 5 nitrogen and oxygen atoms in total. The SMILES string of the molecule is CC[C@@H](C)N(CC(=O)N1CCc2sccc2[C@@H]1COc1ccc(C)cc1)C(=O)Cc1ccccc1. The molecule has 0 saturated carbocycles. The second-order valence-corrected chi connectivity index (χ2v) is 10.2. The minimum absolute atomic E-state index is 0.0143. The molecular formula is C29H34N2O3S. The lowest BCUT2D eigenvalue weighted by molar-refractivity contribution is -0.144. The van der Waals surface area contributed by atoms with E-state index in [-0.39, 0.29) is 30.4 Å². The topological polar surface area (TPSA) is 49.9 Å². The summed E-state index contributed by atoms with van der Waals surface area (Å²) in [6, 6.07) is 19.6. The number of carbonyl (C=O) groups excluding carboxylic acids is 2. The summed E-state index contributed by atoms with van der Waals surface area (Å²) in [6.45, 7) is 7.22. The fourth-order valence-electron chi connectivity index (χ4n) is 4.50. The Morgan fingerprint density at radius 1 is 1.11 bits per heavy atom. The number of rotatable bonds is 9. The van der Waals surface area contributed by atoms with Crippen molar-refractivity contribution in [2.24, 2.45) is 0 Å². The van der Waals surface area contributed by atoms with E-state index >= 15 is 0 Å². The number of carbonyl (C=O) groups is 2. The first-order valence-electron chi connectivity index (χ1n) is 12.3. The predicted molar refractivity (Wildman–Crippen MR) is 141 cm³/mol. The van der Waals surface area contributed by atoms with Gasteiger partial charge >= 0.3 is 0 Å². The van der Waals surface area contributed by atoms with Gasteiger partial charge in [-0.25, -0.2) is 0 Å². The van der Waals surface area contributed by atoms with E-state index in [0.29, 0.717) is 19.6 Å². The van der Waals surface area contributed by atoms with Gasteiger partial charge in [-0.2, -0.15) is 0 Å². The summed E-state index contributed by atoms with van der Waals surface area (Å²) >= 11 is 1.74. The van der Waals surface area contributed by atoms with Crippen LogP contribution in [0.5, 0.6) is 5.75 Å². The van der Waals surface area contributed by atoms with Crippen molar-refractivity contribution in [3.8, 4) is 5.75 Å². The molecule has 3 aromatic rings. The fourth-order valence-corrected chi connectivity index (χ4v) is 5.43. The van der Waals surface area contributed by atoms with Gasteiger partial charge in [-0.15, -0.1) is 11.3 Å². The van der Waals surface area contributed by atoms with Crippen molar-refractivity contribution < 1.29 is 14.3 Å². The molecule has 1 aliphatic heterocycles. The van der Waals surface area contributed by atoms with Crippen molar-refractivity contribution in [1.82, 2.24) is 9.80 Å². The minimum Gasteiger partial charge on any atom is -0.491 e.